The summed E-state index contributed by atoms with van der Waals surface area (Å²) in [5.74, 6) is 0.582. The maximum Gasteiger partial charge on any atom is 0.0183 e. The summed E-state index contributed by atoms with van der Waals surface area (Å²) in [6.45, 7) is 13.7. The molecule has 0 radical (unpaired) electrons. The van der Waals surface area contributed by atoms with Gasteiger partial charge in [0.15, 0.2) is 0 Å². The first-order chi connectivity index (χ1) is 10.8. The monoisotopic (exact) mass is 326 g/mol. The van der Waals surface area contributed by atoms with E-state index in [-0.39, 0.29) is 0 Å². The number of thioether (sulfide) groups is 1. The Hall–Kier alpha value is -1.21. The Morgan fingerprint density at radius 3 is 2.30 bits per heavy atom. The molecule has 0 bridgehead atoms. The van der Waals surface area contributed by atoms with Gasteiger partial charge in [-0.15, -0.1) is 0 Å². The van der Waals surface area contributed by atoms with Gasteiger partial charge in [-0.3, -0.25) is 0 Å². The minimum atomic E-state index is 0.336. The van der Waals surface area contributed by atoms with Crippen molar-refractivity contribution in [2.45, 2.75) is 59.3 Å². The fourth-order valence-electron chi connectivity index (χ4n) is 3.20. The number of hydrogen-bond donors (Lipinski definition) is 0. The molecule has 1 aromatic rings. The van der Waals surface area contributed by atoms with Gasteiger partial charge in [0.2, 0.25) is 0 Å². The van der Waals surface area contributed by atoms with Crippen molar-refractivity contribution in [1.29, 1.82) is 0 Å². The van der Waals surface area contributed by atoms with Crippen LogP contribution in [-0.4, -0.2) is 0 Å². The van der Waals surface area contributed by atoms with Crippen LogP contribution in [0.4, 0.5) is 0 Å². The van der Waals surface area contributed by atoms with E-state index in [1.807, 2.05) is 11.8 Å². The highest BCUT2D eigenvalue weighted by atomic mass is 32.2. The molecule has 0 aliphatic heterocycles. The molecule has 23 heavy (non-hydrogen) atoms. The molecule has 0 saturated heterocycles. The van der Waals surface area contributed by atoms with Crippen molar-refractivity contribution in [3.05, 3.63) is 64.1 Å². The van der Waals surface area contributed by atoms with E-state index in [4.69, 9.17) is 0 Å². The van der Waals surface area contributed by atoms with Gasteiger partial charge in [0.1, 0.15) is 0 Å². The van der Waals surface area contributed by atoms with Crippen molar-refractivity contribution in [1.82, 2.24) is 0 Å². The molecule has 1 aromatic carbocycles. The van der Waals surface area contributed by atoms with Crippen LogP contribution in [0.15, 0.2) is 69.0 Å². The molecule has 124 valence electrons. The predicted molar refractivity (Wildman–Crippen MR) is 105 cm³/mol. The summed E-state index contributed by atoms with van der Waals surface area (Å²) in [5.41, 5.74) is 4.75. The van der Waals surface area contributed by atoms with Crippen LogP contribution in [0, 0.1) is 11.3 Å². The molecule has 0 aromatic heterocycles. The van der Waals surface area contributed by atoms with E-state index in [2.05, 4.69) is 84.0 Å². The van der Waals surface area contributed by atoms with Gasteiger partial charge in [-0.1, -0.05) is 75.4 Å². The van der Waals surface area contributed by atoms with Crippen LogP contribution < -0.4 is 0 Å². The Morgan fingerprint density at radius 2 is 1.74 bits per heavy atom. The first-order valence-corrected chi connectivity index (χ1v) is 9.40. The van der Waals surface area contributed by atoms with Gasteiger partial charge >= 0.3 is 0 Å². The first kappa shape index (κ1) is 18.1. The minimum absolute atomic E-state index is 0.336. The Labute approximate surface area is 146 Å². The summed E-state index contributed by atoms with van der Waals surface area (Å²) >= 11 is 1.93. The van der Waals surface area contributed by atoms with E-state index in [1.54, 1.807) is 0 Å². The second-order valence-electron chi connectivity index (χ2n) is 7.94. The van der Waals surface area contributed by atoms with Crippen molar-refractivity contribution in [3.8, 4) is 0 Å². The standard InChI is InChI=1S/C22H30S/c1-16(2)12-18-14-22(5,6)15-19(13-17(3)4)21(18)23-20-10-8-7-9-11-20/h7-13,16H,14-15H2,1-6H3/b18-12+. The molecule has 0 atom stereocenters. The molecule has 0 spiro atoms. The Bertz CT molecular complexity index is 623. The molecule has 1 aliphatic carbocycles. The third-order valence-electron chi connectivity index (χ3n) is 3.88. The predicted octanol–water partition coefficient (Wildman–Crippen LogP) is 7.40. The fourth-order valence-corrected chi connectivity index (χ4v) is 4.26. The van der Waals surface area contributed by atoms with E-state index < -0.39 is 0 Å². The van der Waals surface area contributed by atoms with Crippen LogP contribution in [0.25, 0.3) is 0 Å². The van der Waals surface area contributed by atoms with Crippen molar-refractivity contribution < 1.29 is 0 Å². The summed E-state index contributed by atoms with van der Waals surface area (Å²) in [6, 6.07) is 10.8. The molecule has 0 amide bonds. The summed E-state index contributed by atoms with van der Waals surface area (Å²) < 4.78 is 0. The number of hydrogen-bond acceptors (Lipinski definition) is 1. The van der Waals surface area contributed by atoms with Gasteiger partial charge < -0.3 is 0 Å². The number of allylic oxidation sites excluding steroid dienone is 5. The van der Waals surface area contributed by atoms with Gasteiger partial charge in [0, 0.05) is 9.80 Å². The molecule has 1 heteroatoms. The zero-order chi connectivity index (χ0) is 17.0. The second-order valence-corrected chi connectivity index (χ2v) is 9.03. The van der Waals surface area contributed by atoms with Gasteiger partial charge in [-0.05, 0) is 61.3 Å². The van der Waals surface area contributed by atoms with Gasteiger partial charge in [0.05, 0.1) is 0 Å². The SMILES string of the molecule is CC(C)=CC1=C(Sc2ccccc2)/C(=C/C(C)C)CC(C)(C)C1. The highest BCUT2D eigenvalue weighted by Gasteiger charge is 2.30. The molecule has 0 heterocycles. The zero-order valence-electron chi connectivity index (χ0n) is 15.4. The zero-order valence-corrected chi connectivity index (χ0v) is 16.3. The molecule has 0 unspecified atom stereocenters. The number of benzene rings is 1. The maximum absolute atomic E-state index is 2.46. The van der Waals surface area contributed by atoms with Crippen LogP contribution in [0.5, 0.6) is 0 Å². The lowest BCUT2D eigenvalue weighted by Crippen LogP contribution is -2.19. The van der Waals surface area contributed by atoms with Crippen LogP contribution >= 0.6 is 11.8 Å². The average molecular weight is 327 g/mol. The highest BCUT2D eigenvalue weighted by molar-refractivity contribution is 8.03. The van der Waals surface area contributed by atoms with E-state index in [9.17, 15) is 0 Å². The van der Waals surface area contributed by atoms with Crippen molar-refractivity contribution >= 4 is 11.8 Å². The van der Waals surface area contributed by atoms with E-state index >= 15 is 0 Å². The highest BCUT2D eigenvalue weighted by Crippen LogP contribution is 2.48. The Kier molecular flexibility index (Phi) is 5.97. The first-order valence-electron chi connectivity index (χ1n) is 8.59. The third-order valence-corrected chi connectivity index (χ3v) is 5.12. The van der Waals surface area contributed by atoms with Gasteiger partial charge in [-0.25, -0.2) is 0 Å². The molecule has 0 saturated carbocycles. The van der Waals surface area contributed by atoms with Crippen molar-refractivity contribution in [2.75, 3.05) is 0 Å². The molecule has 1 aliphatic rings. The van der Waals surface area contributed by atoms with E-state index in [0.717, 1.165) is 6.42 Å². The molecule has 0 nitrogen and oxygen atoms in total. The quantitative estimate of drug-likeness (QED) is 0.555. The summed E-state index contributed by atoms with van der Waals surface area (Å²) in [6.07, 6.45) is 7.18. The van der Waals surface area contributed by atoms with Gasteiger partial charge in [-0.2, -0.15) is 0 Å². The maximum atomic E-state index is 2.46. The van der Waals surface area contributed by atoms with E-state index in [0.29, 0.717) is 11.3 Å². The van der Waals surface area contributed by atoms with Crippen LogP contribution in [0.2, 0.25) is 0 Å². The molecular formula is C22H30S. The van der Waals surface area contributed by atoms with Gasteiger partial charge in [0.25, 0.3) is 0 Å². The van der Waals surface area contributed by atoms with E-state index in [1.165, 1.54) is 32.9 Å². The van der Waals surface area contributed by atoms with Crippen molar-refractivity contribution in [3.63, 3.8) is 0 Å². The van der Waals surface area contributed by atoms with Crippen LogP contribution in [-0.2, 0) is 0 Å². The molecular weight excluding hydrogens is 296 g/mol. The van der Waals surface area contributed by atoms with Crippen molar-refractivity contribution in [2.24, 2.45) is 11.3 Å². The summed E-state index contributed by atoms with van der Waals surface area (Å²) in [5, 5.41) is 0. The lowest BCUT2D eigenvalue weighted by atomic mass is 9.74. The third kappa shape index (κ3) is 5.42. The smallest absolute Gasteiger partial charge is 0.0183 e. The lowest BCUT2D eigenvalue weighted by molar-refractivity contribution is 0.353. The average Bonchev–Trinajstić information content (AvgIpc) is 2.41. The van der Waals surface area contributed by atoms with Crippen LogP contribution in [0.1, 0.15) is 54.4 Å². The minimum Gasteiger partial charge on any atom is -0.0895 e. The largest absolute Gasteiger partial charge is 0.0895 e. The molecule has 0 N–H and O–H groups in total. The summed E-state index contributed by atoms with van der Waals surface area (Å²) in [7, 11) is 0. The summed E-state index contributed by atoms with van der Waals surface area (Å²) in [4.78, 5) is 2.81. The topological polar surface area (TPSA) is 0 Å². The normalized spacial score (nSPS) is 19.3. The van der Waals surface area contributed by atoms with Crippen LogP contribution in [0.3, 0.4) is 0 Å². The Balaban J connectivity index is 2.53. The number of rotatable bonds is 4. The lowest BCUT2D eigenvalue weighted by Gasteiger charge is -2.34. The Morgan fingerprint density at radius 1 is 1.09 bits per heavy atom. The molecule has 0 fully saturated rings. The fraction of sp³-hybridized carbons (Fsp3) is 0.455. The second kappa shape index (κ2) is 7.57. The molecule has 2 rings (SSSR count).